The van der Waals surface area contributed by atoms with Gasteiger partial charge in [-0.05, 0) is 80.8 Å². The normalized spacial score (nSPS) is 11.5. The number of methoxy groups -OCH3 is 1. The van der Waals surface area contributed by atoms with Crippen LogP contribution in [0.2, 0.25) is 0 Å². The highest BCUT2D eigenvalue weighted by atomic mass is 19.1. The van der Waals surface area contributed by atoms with Crippen LogP contribution in [0.1, 0.15) is 26.3 Å². The molecular weight excluding hydrogens is 359 g/mol. The van der Waals surface area contributed by atoms with Crippen molar-refractivity contribution in [2.45, 2.75) is 32.8 Å². The number of halogens is 1. The zero-order valence-electron chi connectivity index (χ0n) is 16.6. The largest absolute Gasteiger partial charge is 0.497 e. The predicted octanol–water partition coefficient (Wildman–Crippen LogP) is 5.05. The van der Waals surface area contributed by atoms with Crippen LogP contribution in [0, 0.1) is 5.82 Å². The summed E-state index contributed by atoms with van der Waals surface area (Å²) in [6.07, 6.45) is 0.132. The zero-order valence-corrected chi connectivity index (χ0v) is 16.6. The number of carbonyl (C=O) groups is 1. The van der Waals surface area contributed by atoms with E-state index in [2.05, 4.69) is 10.3 Å². The van der Waals surface area contributed by atoms with Gasteiger partial charge >= 0.3 is 6.09 Å². The number of hydrogen-bond donors (Lipinski definition) is 2. The number of rotatable bonds is 5. The molecule has 0 fully saturated rings. The van der Waals surface area contributed by atoms with E-state index in [1.807, 2.05) is 39.0 Å². The Kier molecular flexibility index (Phi) is 5.58. The van der Waals surface area contributed by atoms with Crippen molar-refractivity contribution in [1.82, 2.24) is 10.3 Å². The minimum Gasteiger partial charge on any atom is -0.497 e. The first-order chi connectivity index (χ1) is 13.3. The maximum Gasteiger partial charge on any atom is 0.407 e. The van der Waals surface area contributed by atoms with E-state index < -0.39 is 11.7 Å². The molecule has 3 aromatic rings. The van der Waals surface area contributed by atoms with Crippen LogP contribution in [-0.4, -0.2) is 30.3 Å². The molecule has 1 amide bonds. The molecule has 0 aliphatic heterocycles. The van der Waals surface area contributed by atoms with Crippen molar-refractivity contribution in [3.63, 3.8) is 0 Å². The Balaban J connectivity index is 1.90. The van der Waals surface area contributed by atoms with Gasteiger partial charge in [-0.25, -0.2) is 9.18 Å². The third-order valence-electron chi connectivity index (χ3n) is 4.29. The second kappa shape index (κ2) is 7.92. The molecule has 3 rings (SSSR count). The van der Waals surface area contributed by atoms with Gasteiger partial charge in [-0.2, -0.15) is 0 Å². The molecule has 28 heavy (non-hydrogen) atoms. The van der Waals surface area contributed by atoms with Crippen molar-refractivity contribution in [1.29, 1.82) is 0 Å². The fraction of sp³-hybridized carbons (Fsp3) is 0.318. The summed E-state index contributed by atoms with van der Waals surface area (Å²) in [5.74, 6) is 0.466. The minimum absolute atomic E-state index is 0.283. The smallest absolute Gasteiger partial charge is 0.407 e. The van der Waals surface area contributed by atoms with Crippen molar-refractivity contribution in [3.8, 4) is 17.0 Å². The van der Waals surface area contributed by atoms with E-state index in [0.29, 0.717) is 13.0 Å². The Hall–Kier alpha value is -3.02. The molecule has 6 heteroatoms. The first kappa shape index (κ1) is 19.7. The van der Waals surface area contributed by atoms with Gasteiger partial charge in [-0.15, -0.1) is 0 Å². The molecular formula is C22H25FN2O3. The molecule has 0 atom stereocenters. The van der Waals surface area contributed by atoms with Gasteiger partial charge in [0.1, 0.15) is 17.2 Å². The summed E-state index contributed by atoms with van der Waals surface area (Å²) in [5, 5.41) is 3.80. The van der Waals surface area contributed by atoms with E-state index in [4.69, 9.17) is 9.47 Å². The second-order valence-electron chi connectivity index (χ2n) is 7.58. The van der Waals surface area contributed by atoms with Crippen LogP contribution in [0.15, 0.2) is 42.5 Å². The Morgan fingerprint density at radius 2 is 1.86 bits per heavy atom. The van der Waals surface area contributed by atoms with Gasteiger partial charge in [0, 0.05) is 23.1 Å². The highest BCUT2D eigenvalue weighted by Gasteiger charge is 2.17. The van der Waals surface area contributed by atoms with Crippen LogP contribution in [-0.2, 0) is 11.2 Å². The Morgan fingerprint density at radius 1 is 1.14 bits per heavy atom. The van der Waals surface area contributed by atoms with E-state index in [1.165, 1.54) is 12.1 Å². The van der Waals surface area contributed by atoms with Crippen LogP contribution >= 0.6 is 0 Å². The Morgan fingerprint density at radius 3 is 2.50 bits per heavy atom. The third kappa shape index (κ3) is 4.63. The van der Waals surface area contributed by atoms with Gasteiger partial charge < -0.3 is 19.8 Å². The topological polar surface area (TPSA) is 63.3 Å². The Bertz CT molecular complexity index is 972. The molecule has 2 aromatic carbocycles. The summed E-state index contributed by atoms with van der Waals surface area (Å²) in [7, 11) is 1.62. The van der Waals surface area contributed by atoms with Crippen LogP contribution < -0.4 is 10.1 Å². The number of ether oxygens (including phenoxy) is 2. The molecule has 5 nitrogen and oxygen atoms in total. The maximum atomic E-state index is 13.3. The monoisotopic (exact) mass is 384 g/mol. The number of alkyl carbamates (subject to hydrolysis) is 1. The molecule has 2 N–H and O–H groups in total. The maximum absolute atomic E-state index is 13.3. The Labute approximate surface area is 163 Å². The quantitative estimate of drug-likeness (QED) is 0.647. The fourth-order valence-electron chi connectivity index (χ4n) is 3.08. The molecule has 0 radical (unpaired) electrons. The van der Waals surface area contributed by atoms with E-state index in [9.17, 15) is 9.18 Å². The summed E-state index contributed by atoms with van der Waals surface area (Å²) in [4.78, 5) is 15.3. The number of amides is 1. The number of benzene rings is 2. The third-order valence-corrected chi connectivity index (χ3v) is 4.29. The van der Waals surface area contributed by atoms with Gasteiger partial charge in [0.2, 0.25) is 0 Å². The number of aromatic amines is 1. The van der Waals surface area contributed by atoms with Crippen molar-refractivity contribution in [3.05, 3.63) is 53.8 Å². The molecule has 0 aliphatic carbocycles. The van der Waals surface area contributed by atoms with Crippen molar-refractivity contribution in [2.24, 2.45) is 0 Å². The van der Waals surface area contributed by atoms with Crippen molar-refractivity contribution >= 4 is 17.0 Å². The summed E-state index contributed by atoms with van der Waals surface area (Å²) >= 11 is 0. The molecule has 148 valence electrons. The first-order valence-corrected chi connectivity index (χ1v) is 9.18. The van der Waals surface area contributed by atoms with Crippen LogP contribution in [0.5, 0.6) is 5.75 Å². The summed E-state index contributed by atoms with van der Waals surface area (Å²) < 4.78 is 24.0. The van der Waals surface area contributed by atoms with Gasteiger partial charge in [-0.1, -0.05) is 0 Å². The fourth-order valence-corrected chi connectivity index (χ4v) is 3.08. The predicted molar refractivity (Wildman–Crippen MR) is 108 cm³/mol. The average molecular weight is 384 g/mol. The van der Waals surface area contributed by atoms with Crippen LogP contribution in [0.4, 0.5) is 9.18 Å². The van der Waals surface area contributed by atoms with Gasteiger partial charge in [-0.3, -0.25) is 0 Å². The lowest BCUT2D eigenvalue weighted by Gasteiger charge is -2.19. The minimum atomic E-state index is -0.544. The second-order valence-corrected chi connectivity index (χ2v) is 7.58. The highest BCUT2D eigenvalue weighted by molar-refractivity contribution is 5.91. The number of nitrogens with one attached hydrogen (secondary N) is 2. The molecule has 1 heterocycles. The lowest BCUT2D eigenvalue weighted by molar-refractivity contribution is 0.0528. The van der Waals surface area contributed by atoms with Crippen molar-refractivity contribution < 1.29 is 18.7 Å². The summed E-state index contributed by atoms with van der Waals surface area (Å²) in [5.41, 5.74) is 3.21. The lowest BCUT2D eigenvalue weighted by atomic mass is 10.0. The molecule has 1 aromatic heterocycles. The van der Waals surface area contributed by atoms with E-state index in [-0.39, 0.29) is 5.82 Å². The van der Waals surface area contributed by atoms with Crippen LogP contribution in [0.3, 0.4) is 0 Å². The van der Waals surface area contributed by atoms with E-state index >= 15 is 0 Å². The van der Waals surface area contributed by atoms with Gasteiger partial charge in [0.25, 0.3) is 0 Å². The molecule has 0 spiro atoms. The zero-order chi connectivity index (χ0) is 20.3. The first-order valence-electron chi connectivity index (χ1n) is 9.18. The number of H-pyrrole nitrogens is 1. The standard InChI is InChI=1S/C22H25FN2O3/c1-22(2,3)28-21(26)24-12-11-17-18-13-16(27-4)9-10-19(18)25-20(17)14-5-7-15(23)8-6-14/h5-10,13,25H,11-12H2,1-4H3,(H,24,26). The van der Waals surface area contributed by atoms with E-state index in [0.717, 1.165) is 33.5 Å². The molecule has 0 bridgehead atoms. The summed E-state index contributed by atoms with van der Waals surface area (Å²) in [6.45, 7) is 5.88. The van der Waals surface area contributed by atoms with Gasteiger partial charge in [0.15, 0.2) is 0 Å². The average Bonchev–Trinajstić information content (AvgIpc) is 2.98. The SMILES string of the molecule is COc1ccc2[nH]c(-c3ccc(F)cc3)c(CCNC(=O)OC(C)(C)C)c2c1. The van der Waals surface area contributed by atoms with Crippen LogP contribution in [0.25, 0.3) is 22.2 Å². The number of aromatic nitrogens is 1. The lowest BCUT2D eigenvalue weighted by Crippen LogP contribution is -2.33. The highest BCUT2D eigenvalue weighted by Crippen LogP contribution is 2.33. The number of fused-ring (bicyclic) bond motifs is 1. The molecule has 0 unspecified atom stereocenters. The van der Waals surface area contributed by atoms with Crippen molar-refractivity contribution in [2.75, 3.05) is 13.7 Å². The molecule has 0 saturated heterocycles. The van der Waals surface area contributed by atoms with E-state index in [1.54, 1.807) is 19.2 Å². The number of carbonyl (C=O) groups excluding carboxylic acids is 1. The molecule has 0 aliphatic rings. The van der Waals surface area contributed by atoms with Gasteiger partial charge in [0.05, 0.1) is 7.11 Å². The number of hydrogen-bond acceptors (Lipinski definition) is 3. The molecule has 0 saturated carbocycles. The summed E-state index contributed by atoms with van der Waals surface area (Å²) in [6, 6.07) is 12.1.